The summed E-state index contributed by atoms with van der Waals surface area (Å²) in [5, 5.41) is 0.362. The molecular formula is C14H19ClN2O3S. The fraction of sp³-hybridized carbons (Fsp3) is 0.429. The van der Waals surface area contributed by atoms with Crippen LogP contribution >= 0.6 is 11.6 Å². The summed E-state index contributed by atoms with van der Waals surface area (Å²) in [6.45, 7) is 3.07. The maximum Gasteiger partial charge on any atom is 0.243 e. The average Bonchev–Trinajstić information content (AvgIpc) is 2.45. The number of anilines is 1. The molecule has 0 radical (unpaired) electrons. The second-order valence-corrected chi connectivity index (χ2v) is 7.37. The van der Waals surface area contributed by atoms with Crippen LogP contribution in [0.1, 0.15) is 12.0 Å². The Kier molecular flexibility index (Phi) is 4.93. The molecule has 0 saturated carbocycles. The summed E-state index contributed by atoms with van der Waals surface area (Å²) in [6.07, 6.45) is 2.56. The number of rotatable bonds is 4. The van der Waals surface area contributed by atoms with E-state index in [0.717, 1.165) is 5.57 Å². The summed E-state index contributed by atoms with van der Waals surface area (Å²) in [5.74, 6) is 0. The number of halogens is 1. The Morgan fingerprint density at radius 3 is 2.67 bits per heavy atom. The van der Waals surface area contributed by atoms with Crippen molar-refractivity contribution in [2.24, 2.45) is 0 Å². The van der Waals surface area contributed by atoms with Crippen molar-refractivity contribution in [3.8, 4) is 0 Å². The topological polar surface area (TPSA) is 72.6 Å². The van der Waals surface area contributed by atoms with Gasteiger partial charge in [-0.3, -0.25) is 0 Å². The molecule has 0 aromatic heterocycles. The van der Waals surface area contributed by atoms with E-state index in [2.05, 4.69) is 0 Å². The molecule has 2 rings (SSSR count). The minimum absolute atomic E-state index is 0.138. The monoisotopic (exact) mass is 330 g/mol. The third-order valence-corrected chi connectivity index (χ3v) is 5.83. The van der Waals surface area contributed by atoms with Gasteiger partial charge in [-0.15, -0.1) is 0 Å². The third-order valence-electron chi connectivity index (χ3n) is 3.59. The first-order valence-electron chi connectivity index (χ1n) is 6.59. The highest BCUT2D eigenvalue weighted by Gasteiger charge is 2.27. The number of sulfonamides is 1. The molecule has 0 spiro atoms. The number of nitrogens with two attached hydrogens (primary N) is 1. The lowest BCUT2D eigenvalue weighted by atomic mass is 10.1. The standard InChI is InChI=1S/C14H19ClN2O3S/c1-10-13(15)7-12(8-14(10)16)21(18,19)17-5-3-11(4-6-17)9-20-2/h3,7-8H,4-6,9,16H2,1-2H3. The predicted octanol–water partition coefficient (Wildman–Crippen LogP) is 2.20. The molecular weight excluding hydrogens is 312 g/mol. The minimum atomic E-state index is -3.58. The lowest BCUT2D eigenvalue weighted by Crippen LogP contribution is -2.35. The first kappa shape index (κ1) is 16.3. The van der Waals surface area contributed by atoms with Crippen LogP contribution in [0, 0.1) is 6.92 Å². The van der Waals surface area contributed by atoms with Crippen LogP contribution in [-0.4, -0.2) is 39.5 Å². The summed E-state index contributed by atoms with van der Waals surface area (Å²) < 4.78 is 31.7. The van der Waals surface area contributed by atoms with Crippen molar-refractivity contribution >= 4 is 27.3 Å². The largest absolute Gasteiger partial charge is 0.398 e. The number of nitrogen functional groups attached to an aromatic ring is 1. The van der Waals surface area contributed by atoms with E-state index in [0.29, 0.717) is 42.4 Å². The van der Waals surface area contributed by atoms with Crippen LogP contribution in [0.4, 0.5) is 5.69 Å². The number of hydrogen-bond donors (Lipinski definition) is 1. The average molecular weight is 331 g/mol. The van der Waals surface area contributed by atoms with Crippen LogP contribution in [0.2, 0.25) is 5.02 Å². The highest BCUT2D eigenvalue weighted by Crippen LogP contribution is 2.28. The number of benzene rings is 1. The van der Waals surface area contributed by atoms with Crippen molar-refractivity contribution in [1.82, 2.24) is 4.31 Å². The van der Waals surface area contributed by atoms with Gasteiger partial charge in [0.25, 0.3) is 0 Å². The Morgan fingerprint density at radius 1 is 1.43 bits per heavy atom. The fourth-order valence-electron chi connectivity index (χ4n) is 2.20. The van der Waals surface area contributed by atoms with Gasteiger partial charge in [-0.25, -0.2) is 8.42 Å². The van der Waals surface area contributed by atoms with E-state index in [-0.39, 0.29) is 4.90 Å². The van der Waals surface area contributed by atoms with Gasteiger partial charge >= 0.3 is 0 Å². The molecule has 7 heteroatoms. The molecule has 1 aromatic rings. The first-order valence-corrected chi connectivity index (χ1v) is 8.40. The van der Waals surface area contributed by atoms with Gasteiger partial charge in [0.05, 0.1) is 11.5 Å². The smallest absolute Gasteiger partial charge is 0.243 e. The zero-order valence-electron chi connectivity index (χ0n) is 12.1. The minimum Gasteiger partial charge on any atom is -0.398 e. The lowest BCUT2D eigenvalue weighted by molar-refractivity contribution is 0.219. The molecule has 1 heterocycles. The first-order chi connectivity index (χ1) is 9.86. The van der Waals surface area contributed by atoms with Gasteiger partial charge in [0.15, 0.2) is 0 Å². The normalized spacial score (nSPS) is 16.8. The number of ether oxygens (including phenoxy) is 1. The summed E-state index contributed by atoms with van der Waals surface area (Å²) in [5.41, 5.74) is 8.00. The van der Waals surface area contributed by atoms with E-state index in [1.165, 1.54) is 16.4 Å². The zero-order chi connectivity index (χ0) is 15.6. The van der Waals surface area contributed by atoms with Crippen molar-refractivity contribution in [3.05, 3.63) is 34.4 Å². The molecule has 116 valence electrons. The van der Waals surface area contributed by atoms with Gasteiger partial charge in [-0.2, -0.15) is 4.31 Å². The van der Waals surface area contributed by atoms with Crippen molar-refractivity contribution < 1.29 is 13.2 Å². The SMILES string of the molecule is COCC1=CCN(S(=O)(=O)c2cc(N)c(C)c(Cl)c2)CC1. The van der Waals surface area contributed by atoms with Gasteiger partial charge in [-0.05, 0) is 36.6 Å². The summed E-state index contributed by atoms with van der Waals surface area (Å²) in [7, 11) is -1.95. The fourth-order valence-corrected chi connectivity index (χ4v) is 3.93. The summed E-state index contributed by atoms with van der Waals surface area (Å²) >= 11 is 6.04. The predicted molar refractivity (Wildman–Crippen MR) is 83.9 cm³/mol. The molecule has 21 heavy (non-hydrogen) atoms. The van der Waals surface area contributed by atoms with Crippen molar-refractivity contribution in [1.29, 1.82) is 0 Å². The molecule has 0 atom stereocenters. The van der Waals surface area contributed by atoms with Crippen LogP contribution in [-0.2, 0) is 14.8 Å². The molecule has 5 nitrogen and oxygen atoms in total. The van der Waals surface area contributed by atoms with Crippen molar-refractivity contribution in [3.63, 3.8) is 0 Å². The zero-order valence-corrected chi connectivity index (χ0v) is 13.7. The molecule has 0 unspecified atom stereocenters. The van der Waals surface area contributed by atoms with E-state index in [9.17, 15) is 8.42 Å². The molecule has 2 N–H and O–H groups in total. The van der Waals surface area contributed by atoms with E-state index in [1.54, 1.807) is 14.0 Å². The molecule has 0 saturated heterocycles. The Morgan fingerprint density at radius 2 is 2.14 bits per heavy atom. The number of hydrogen-bond acceptors (Lipinski definition) is 4. The summed E-state index contributed by atoms with van der Waals surface area (Å²) in [4.78, 5) is 0.138. The van der Waals surface area contributed by atoms with E-state index < -0.39 is 10.0 Å². The molecule has 0 bridgehead atoms. The Bertz CT molecular complexity index is 648. The molecule has 1 aliphatic heterocycles. The van der Waals surface area contributed by atoms with E-state index >= 15 is 0 Å². The van der Waals surface area contributed by atoms with E-state index in [1.807, 2.05) is 6.08 Å². The maximum absolute atomic E-state index is 12.6. The lowest BCUT2D eigenvalue weighted by Gasteiger charge is -2.26. The van der Waals surface area contributed by atoms with E-state index in [4.69, 9.17) is 22.1 Å². The molecule has 0 amide bonds. The van der Waals surface area contributed by atoms with Crippen LogP contribution in [0.3, 0.4) is 0 Å². The van der Waals surface area contributed by atoms with Crippen LogP contribution in [0.5, 0.6) is 0 Å². The highest BCUT2D eigenvalue weighted by molar-refractivity contribution is 7.89. The number of methoxy groups -OCH3 is 1. The Hall–Kier alpha value is -1.08. The van der Waals surface area contributed by atoms with Gasteiger partial charge in [0.1, 0.15) is 0 Å². The molecule has 1 aliphatic rings. The van der Waals surface area contributed by atoms with Crippen LogP contribution in [0.25, 0.3) is 0 Å². The molecule has 0 aliphatic carbocycles. The Labute approximate surface area is 130 Å². The number of nitrogens with zero attached hydrogens (tertiary/aromatic N) is 1. The highest BCUT2D eigenvalue weighted by atomic mass is 35.5. The van der Waals surface area contributed by atoms with Crippen LogP contribution in [0.15, 0.2) is 28.7 Å². The van der Waals surface area contributed by atoms with Crippen molar-refractivity contribution in [2.75, 3.05) is 32.5 Å². The third kappa shape index (κ3) is 3.40. The van der Waals surface area contributed by atoms with Crippen molar-refractivity contribution in [2.45, 2.75) is 18.2 Å². The van der Waals surface area contributed by atoms with Gasteiger partial charge in [0, 0.05) is 30.9 Å². The second kappa shape index (κ2) is 6.36. The molecule has 1 aromatic carbocycles. The summed E-state index contributed by atoms with van der Waals surface area (Å²) in [6, 6.07) is 2.92. The van der Waals surface area contributed by atoms with Gasteiger partial charge < -0.3 is 10.5 Å². The second-order valence-electron chi connectivity index (χ2n) is 5.03. The van der Waals surface area contributed by atoms with Crippen LogP contribution < -0.4 is 5.73 Å². The molecule has 0 fully saturated rings. The Balaban J connectivity index is 2.28. The van der Waals surface area contributed by atoms with Gasteiger partial charge in [0.2, 0.25) is 10.0 Å². The quantitative estimate of drug-likeness (QED) is 0.678. The van der Waals surface area contributed by atoms with Gasteiger partial charge in [-0.1, -0.05) is 17.7 Å². The maximum atomic E-state index is 12.6.